The first-order valence-electron chi connectivity index (χ1n) is 6.86. The summed E-state index contributed by atoms with van der Waals surface area (Å²) >= 11 is 0. The van der Waals surface area contributed by atoms with E-state index in [-0.39, 0.29) is 4.90 Å². The number of aromatic nitrogens is 1. The van der Waals surface area contributed by atoms with Gasteiger partial charge in [0.2, 0.25) is 0 Å². The number of sulfonamides is 1. The zero-order valence-corrected chi connectivity index (χ0v) is 13.5. The fraction of sp³-hybridized carbons (Fsp3) is 0.312. The summed E-state index contributed by atoms with van der Waals surface area (Å²) in [7, 11) is -3.60. The summed E-state index contributed by atoms with van der Waals surface area (Å²) in [6.45, 7) is 7.88. The summed E-state index contributed by atoms with van der Waals surface area (Å²) in [5.74, 6) is 0.719. The molecule has 0 saturated carbocycles. The first kappa shape index (κ1) is 15.5. The van der Waals surface area contributed by atoms with Gasteiger partial charge < -0.3 is 0 Å². The number of benzene rings is 1. The average molecular weight is 304 g/mol. The van der Waals surface area contributed by atoms with Crippen molar-refractivity contribution in [2.75, 3.05) is 4.72 Å². The lowest BCUT2D eigenvalue weighted by Crippen LogP contribution is -2.14. The van der Waals surface area contributed by atoms with E-state index in [1.54, 1.807) is 18.2 Å². The second kappa shape index (κ2) is 5.85. The normalized spacial score (nSPS) is 11.7. The van der Waals surface area contributed by atoms with E-state index in [9.17, 15) is 8.42 Å². The number of aryl methyl sites for hydroxylation is 2. The molecule has 0 saturated heterocycles. The van der Waals surface area contributed by atoms with Gasteiger partial charge in [-0.3, -0.25) is 4.72 Å². The number of pyridine rings is 1. The van der Waals surface area contributed by atoms with Crippen LogP contribution in [0.2, 0.25) is 0 Å². The first-order chi connectivity index (χ1) is 9.78. The molecule has 0 aliphatic heterocycles. The Hall–Kier alpha value is -1.88. The van der Waals surface area contributed by atoms with Gasteiger partial charge in [-0.2, -0.15) is 0 Å². The maximum atomic E-state index is 12.4. The lowest BCUT2D eigenvalue weighted by molar-refractivity contribution is 0.601. The van der Waals surface area contributed by atoms with Gasteiger partial charge in [0.15, 0.2) is 0 Å². The van der Waals surface area contributed by atoms with E-state index < -0.39 is 10.0 Å². The van der Waals surface area contributed by atoms with Gasteiger partial charge >= 0.3 is 0 Å². The van der Waals surface area contributed by atoms with E-state index in [4.69, 9.17) is 0 Å². The minimum Gasteiger partial charge on any atom is -0.263 e. The van der Waals surface area contributed by atoms with E-state index in [1.165, 1.54) is 0 Å². The fourth-order valence-corrected chi connectivity index (χ4v) is 3.11. The third-order valence-corrected chi connectivity index (χ3v) is 4.56. The molecule has 2 rings (SSSR count). The minimum absolute atomic E-state index is 0.243. The van der Waals surface area contributed by atoms with Gasteiger partial charge in [0.05, 0.1) is 4.90 Å². The van der Waals surface area contributed by atoms with Crippen LogP contribution < -0.4 is 4.72 Å². The third kappa shape index (κ3) is 3.82. The highest BCUT2D eigenvalue weighted by atomic mass is 32.2. The molecule has 0 aliphatic carbocycles. The van der Waals surface area contributed by atoms with Crippen LogP contribution in [0.4, 0.5) is 5.82 Å². The zero-order chi connectivity index (χ0) is 15.6. The van der Waals surface area contributed by atoms with E-state index in [2.05, 4.69) is 23.6 Å². The number of nitrogens with one attached hydrogen (secondary N) is 1. The Bertz CT molecular complexity index is 715. The number of hydrogen-bond acceptors (Lipinski definition) is 3. The van der Waals surface area contributed by atoms with Crippen molar-refractivity contribution in [3.8, 4) is 0 Å². The molecule has 5 heteroatoms. The maximum Gasteiger partial charge on any atom is 0.263 e. The van der Waals surface area contributed by atoms with Crippen LogP contribution in [0.25, 0.3) is 0 Å². The quantitative estimate of drug-likeness (QED) is 0.938. The molecule has 0 radical (unpaired) electrons. The van der Waals surface area contributed by atoms with Crippen LogP contribution >= 0.6 is 0 Å². The molecule has 112 valence electrons. The third-order valence-electron chi connectivity index (χ3n) is 3.19. The van der Waals surface area contributed by atoms with Crippen LogP contribution in [-0.4, -0.2) is 13.4 Å². The second-order valence-corrected chi connectivity index (χ2v) is 7.18. The van der Waals surface area contributed by atoms with Gasteiger partial charge in [0, 0.05) is 5.69 Å². The summed E-state index contributed by atoms with van der Waals surface area (Å²) in [6, 6.07) is 10.5. The predicted octanol–water partition coefficient (Wildman–Crippen LogP) is 3.62. The Morgan fingerprint density at radius 1 is 1.05 bits per heavy atom. The van der Waals surface area contributed by atoms with Crippen LogP contribution in [0.5, 0.6) is 0 Å². The maximum absolute atomic E-state index is 12.4. The summed E-state index contributed by atoms with van der Waals surface area (Å²) in [6.07, 6.45) is 0. The Labute approximate surface area is 126 Å². The summed E-state index contributed by atoms with van der Waals surface area (Å²) in [5, 5.41) is 0. The fourth-order valence-electron chi connectivity index (χ4n) is 2.12. The summed E-state index contributed by atoms with van der Waals surface area (Å²) in [5.41, 5.74) is 2.86. The number of anilines is 1. The van der Waals surface area contributed by atoms with Crippen LogP contribution in [0.3, 0.4) is 0 Å². The first-order valence-corrected chi connectivity index (χ1v) is 8.34. The molecule has 1 aromatic carbocycles. The van der Waals surface area contributed by atoms with Crippen molar-refractivity contribution in [3.05, 3.63) is 53.2 Å². The van der Waals surface area contributed by atoms with Crippen molar-refractivity contribution in [2.45, 2.75) is 38.5 Å². The molecule has 0 atom stereocenters. The topological polar surface area (TPSA) is 59.1 Å². The highest BCUT2D eigenvalue weighted by Gasteiger charge is 2.15. The van der Waals surface area contributed by atoms with E-state index >= 15 is 0 Å². The van der Waals surface area contributed by atoms with E-state index in [1.807, 2.05) is 32.0 Å². The lowest BCUT2D eigenvalue weighted by atomic mass is 10.0. The van der Waals surface area contributed by atoms with Gasteiger partial charge in [-0.1, -0.05) is 26.0 Å². The van der Waals surface area contributed by atoms with Gasteiger partial charge in [-0.25, -0.2) is 13.4 Å². The van der Waals surface area contributed by atoms with E-state index in [0.717, 1.165) is 16.8 Å². The van der Waals surface area contributed by atoms with Gasteiger partial charge in [-0.15, -0.1) is 0 Å². The van der Waals surface area contributed by atoms with Crippen molar-refractivity contribution in [3.63, 3.8) is 0 Å². The lowest BCUT2D eigenvalue weighted by Gasteiger charge is -2.10. The number of hydrogen-bond donors (Lipinski definition) is 1. The van der Waals surface area contributed by atoms with Crippen molar-refractivity contribution < 1.29 is 8.42 Å². The summed E-state index contributed by atoms with van der Waals surface area (Å²) < 4.78 is 27.2. The standard InChI is InChI=1S/C16H20N2O2S/c1-11(2)14-5-7-15(8-6-14)21(19,20)18-16-10-12(3)9-13(4)17-16/h5-11H,1-4H3,(H,17,18). The van der Waals surface area contributed by atoms with Gasteiger partial charge in [0.1, 0.15) is 5.82 Å². The molecular weight excluding hydrogens is 284 g/mol. The molecule has 1 heterocycles. The molecular formula is C16H20N2O2S. The molecule has 0 spiro atoms. The summed E-state index contributed by atoms with van der Waals surface area (Å²) in [4.78, 5) is 4.44. The van der Waals surface area contributed by atoms with Crippen molar-refractivity contribution in [2.24, 2.45) is 0 Å². The number of rotatable bonds is 4. The van der Waals surface area contributed by atoms with Crippen LogP contribution in [0, 0.1) is 13.8 Å². The van der Waals surface area contributed by atoms with Crippen LogP contribution in [0.1, 0.15) is 36.6 Å². The highest BCUT2D eigenvalue weighted by Crippen LogP contribution is 2.19. The van der Waals surface area contributed by atoms with Crippen molar-refractivity contribution in [1.29, 1.82) is 0 Å². The molecule has 0 fully saturated rings. The smallest absolute Gasteiger partial charge is 0.263 e. The van der Waals surface area contributed by atoms with Crippen molar-refractivity contribution in [1.82, 2.24) is 4.98 Å². The van der Waals surface area contributed by atoms with Crippen LogP contribution in [-0.2, 0) is 10.0 Å². The minimum atomic E-state index is -3.60. The predicted molar refractivity (Wildman–Crippen MR) is 85.1 cm³/mol. The largest absolute Gasteiger partial charge is 0.263 e. The number of nitrogens with zero attached hydrogens (tertiary/aromatic N) is 1. The molecule has 21 heavy (non-hydrogen) atoms. The van der Waals surface area contributed by atoms with Crippen molar-refractivity contribution >= 4 is 15.8 Å². The average Bonchev–Trinajstić information content (AvgIpc) is 2.37. The zero-order valence-electron chi connectivity index (χ0n) is 12.7. The molecule has 1 N–H and O–H groups in total. The van der Waals surface area contributed by atoms with Gasteiger partial charge in [0.25, 0.3) is 10.0 Å². The Kier molecular flexibility index (Phi) is 4.32. The molecule has 0 aliphatic rings. The van der Waals surface area contributed by atoms with Crippen LogP contribution in [0.15, 0.2) is 41.3 Å². The monoisotopic (exact) mass is 304 g/mol. The molecule has 0 amide bonds. The Balaban J connectivity index is 2.29. The molecule has 0 unspecified atom stereocenters. The molecule has 2 aromatic rings. The molecule has 1 aromatic heterocycles. The SMILES string of the molecule is Cc1cc(C)nc(NS(=O)(=O)c2ccc(C(C)C)cc2)c1. The Morgan fingerprint density at radius 3 is 2.19 bits per heavy atom. The van der Waals surface area contributed by atoms with Gasteiger partial charge in [-0.05, 0) is 55.2 Å². The Morgan fingerprint density at radius 2 is 1.67 bits per heavy atom. The molecule has 4 nitrogen and oxygen atoms in total. The highest BCUT2D eigenvalue weighted by molar-refractivity contribution is 7.92. The second-order valence-electron chi connectivity index (χ2n) is 5.50. The molecule has 0 bridgehead atoms. The van der Waals surface area contributed by atoms with E-state index in [0.29, 0.717) is 11.7 Å².